The van der Waals surface area contributed by atoms with Crippen molar-refractivity contribution in [2.45, 2.75) is 84.5 Å². The predicted molar refractivity (Wildman–Crippen MR) is 74.9 cm³/mol. The molecule has 3 nitrogen and oxygen atoms in total. The van der Waals surface area contributed by atoms with Gasteiger partial charge in [0.25, 0.3) is 0 Å². The summed E-state index contributed by atoms with van der Waals surface area (Å²) in [6, 6.07) is 0. The van der Waals surface area contributed by atoms with E-state index < -0.39 is 0 Å². The zero-order valence-electron chi connectivity index (χ0n) is 12.8. The van der Waals surface area contributed by atoms with Crippen LogP contribution in [0.2, 0.25) is 0 Å². The minimum Gasteiger partial charge on any atom is -0.462 e. The Bertz CT molecular complexity index is 324. The second kappa shape index (κ2) is 5.82. The molecule has 2 rings (SSSR count). The van der Waals surface area contributed by atoms with E-state index in [1.54, 1.807) is 0 Å². The van der Waals surface area contributed by atoms with Gasteiger partial charge in [0, 0.05) is 0 Å². The van der Waals surface area contributed by atoms with Gasteiger partial charge in [0.05, 0.1) is 18.6 Å². The molecular formula is C16H28O3. The maximum Gasteiger partial charge on any atom is 0.308 e. The molecule has 2 aliphatic rings. The third-order valence-electron chi connectivity index (χ3n) is 4.68. The first kappa shape index (κ1) is 14.8. The molecule has 1 aliphatic carbocycles. The average molecular weight is 268 g/mol. The summed E-state index contributed by atoms with van der Waals surface area (Å²) < 4.78 is 11.0. The minimum atomic E-state index is -0.0863. The Labute approximate surface area is 117 Å². The Kier molecular flexibility index (Phi) is 4.54. The molecule has 0 radical (unpaired) electrons. The van der Waals surface area contributed by atoms with Crippen LogP contribution in [0.25, 0.3) is 0 Å². The van der Waals surface area contributed by atoms with Crippen LogP contribution in [0.1, 0.15) is 66.2 Å². The third-order valence-corrected chi connectivity index (χ3v) is 4.68. The van der Waals surface area contributed by atoms with Crippen LogP contribution in [-0.4, -0.2) is 24.3 Å². The van der Waals surface area contributed by atoms with E-state index in [1.807, 2.05) is 0 Å². The van der Waals surface area contributed by atoms with Gasteiger partial charge in [-0.15, -0.1) is 0 Å². The molecule has 0 bridgehead atoms. The normalized spacial score (nSPS) is 34.6. The fourth-order valence-corrected chi connectivity index (χ4v) is 3.39. The van der Waals surface area contributed by atoms with E-state index in [0.29, 0.717) is 17.8 Å². The summed E-state index contributed by atoms with van der Waals surface area (Å²) in [5.74, 6) is 0.437. The van der Waals surface area contributed by atoms with Gasteiger partial charge in [-0.3, -0.25) is 4.79 Å². The van der Waals surface area contributed by atoms with Crippen molar-refractivity contribution in [3.63, 3.8) is 0 Å². The van der Waals surface area contributed by atoms with Crippen LogP contribution < -0.4 is 0 Å². The molecule has 1 heterocycles. The zero-order valence-corrected chi connectivity index (χ0v) is 12.8. The predicted octanol–water partition coefficient (Wildman–Crippen LogP) is 3.70. The summed E-state index contributed by atoms with van der Waals surface area (Å²) in [5.41, 5.74) is 0.399. The molecule has 1 saturated heterocycles. The van der Waals surface area contributed by atoms with E-state index in [-0.39, 0.29) is 24.3 Å². The summed E-state index contributed by atoms with van der Waals surface area (Å²) in [4.78, 5) is 11.9. The molecule has 1 saturated carbocycles. The van der Waals surface area contributed by atoms with Gasteiger partial charge in [-0.25, -0.2) is 0 Å². The monoisotopic (exact) mass is 268 g/mol. The minimum absolute atomic E-state index is 0.0471. The Morgan fingerprint density at radius 1 is 1.42 bits per heavy atom. The van der Waals surface area contributed by atoms with Gasteiger partial charge in [0.2, 0.25) is 0 Å². The number of hydrogen-bond acceptors (Lipinski definition) is 3. The summed E-state index contributed by atoms with van der Waals surface area (Å²) in [6.07, 6.45) is 6.77. The Balaban J connectivity index is 1.74. The number of ether oxygens (including phenoxy) is 2. The third kappa shape index (κ3) is 4.20. The number of hydrogen-bond donors (Lipinski definition) is 0. The van der Waals surface area contributed by atoms with Gasteiger partial charge in [0.1, 0.15) is 6.10 Å². The molecule has 0 aromatic rings. The smallest absolute Gasteiger partial charge is 0.308 e. The van der Waals surface area contributed by atoms with Crippen LogP contribution in [0.4, 0.5) is 0 Å². The Morgan fingerprint density at radius 2 is 2.16 bits per heavy atom. The maximum atomic E-state index is 11.9. The molecular weight excluding hydrogens is 240 g/mol. The van der Waals surface area contributed by atoms with Crippen molar-refractivity contribution in [2.75, 3.05) is 0 Å². The van der Waals surface area contributed by atoms with Crippen molar-refractivity contribution in [2.24, 2.45) is 11.3 Å². The molecule has 0 aromatic carbocycles. The Hall–Kier alpha value is -0.570. The first-order valence-electron chi connectivity index (χ1n) is 7.76. The highest BCUT2D eigenvalue weighted by Gasteiger charge is 2.40. The zero-order chi connectivity index (χ0) is 14.0. The van der Waals surface area contributed by atoms with E-state index >= 15 is 0 Å². The Morgan fingerprint density at radius 3 is 2.74 bits per heavy atom. The maximum absolute atomic E-state index is 11.9. The van der Waals surface area contributed by atoms with Crippen LogP contribution in [0.3, 0.4) is 0 Å². The lowest BCUT2D eigenvalue weighted by Crippen LogP contribution is -2.32. The van der Waals surface area contributed by atoms with Gasteiger partial charge >= 0.3 is 5.97 Å². The number of esters is 1. The molecule has 0 N–H and O–H groups in total. The van der Waals surface area contributed by atoms with Crippen molar-refractivity contribution in [1.29, 1.82) is 0 Å². The topological polar surface area (TPSA) is 38.8 Å². The van der Waals surface area contributed by atoms with E-state index in [1.165, 1.54) is 25.7 Å². The van der Waals surface area contributed by atoms with Crippen molar-refractivity contribution >= 4 is 5.97 Å². The SMILES string of the molecule is CC[C@@H]1O[C@H]1CC(=O)O[C@H](C)C1CCCC(C)(C)C1. The van der Waals surface area contributed by atoms with Crippen molar-refractivity contribution in [3.8, 4) is 0 Å². The van der Waals surface area contributed by atoms with E-state index in [2.05, 4.69) is 27.7 Å². The molecule has 3 heteroatoms. The first-order chi connectivity index (χ1) is 8.91. The molecule has 0 amide bonds. The summed E-state index contributed by atoms with van der Waals surface area (Å²) in [7, 11) is 0. The molecule has 0 spiro atoms. The van der Waals surface area contributed by atoms with Gasteiger partial charge in [0.15, 0.2) is 0 Å². The number of epoxide rings is 1. The highest BCUT2D eigenvalue weighted by Crippen LogP contribution is 2.40. The summed E-state index contributed by atoms with van der Waals surface area (Å²) in [5, 5.41) is 0. The van der Waals surface area contributed by atoms with E-state index in [9.17, 15) is 4.79 Å². The van der Waals surface area contributed by atoms with Crippen LogP contribution in [-0.2, 0) is 14.3 Å². The van der Waals surface area contributed by atoms with Crippen LogP contribution in [0, 0.1) is 11.3 Å². The quantitative estimate of drug-likeness (QED) is 0.563. The van der Waals surface area contributed by atoms with Gasteiger partial charge < -0.3 is 9.47 Å². The van der Waals surface area contributed by atoms with Gasteiger partial charge in [-0.05, 0) is 43.9 Å². The van der Waals surface area contributed by atoms with Crippen LogP contribution in [0.5, 0.6) is 0 Å². The van der Waals surface area contributed by atoms with Gasteiger partial charge in [-0.1, -0.05) is 27.2 Å². The lowest BCUT2D eigenvalue weighted by Gasteiger charge is -2.37. The van der Waals surface area contributed by atoms with Crippen LogP contribution in [0.15, 0.2) is 0 Å². The number of rotatable bonds is 5. The number of carbonyl (C=O) groups is 1. The molecule has 1 unspecified atom stereocenters. The second-order valence-corrected chi connectivity index (χ2v) is 7.04. The summed E-state index contributed by atoms with van der Waals surface area (Å²) in [6.45, 7) is 8.77. The van der Waals surface area contributed by atoms with Crippen molar-refractivity contribution in [1.82, 2.24) is 0 Å². The fraction of sp³-hybridized carbons (Fsp3) is 0.938. The molecule has 1 aliphatic heterocycles. The lowest BCUT2D eigenvalue weighted by atomic mass is 9.71. The highest BCUT2D eigenvalue weighted by molar-refractivity contribution is 5.70. The lowest BCUT2D eigenvalue weighted by molar-refractivity contribution is -0.152. The molecule has 4 atom stereocenters. The van der Waals surface area contributed by atoms with Crippen molar-refractivity contribution < 1.29 is 14.3 Å². The molecule has 0 aromatic heterocycles. The average Bonchev–Trinajstić information content (AvgIpc) is 3.05. The molecule has 19 heavy (non-hydrogen) atoms. The first-order valence-corrected chi connectivity index (χ1v) is 7.76. The summed E-state index contributed by atoms with van der Waals surface area (Å²) >= 11 is 0. The van der Waals surface area contributed by atoms with Crippen LogP contribution >= 0.6 is 0 Å². The second-order valence-electron chi connectivity index (χ2n) is 7.04. The van der Waals surface area contributed by atoms with Crippen molar-refractivity contribution in [3.05, 3.63) is 0 Å². The molecule has 110 valence electrons. The number of carbonyl (C=O) groups excluding carboxylic acids is 1. The standard InChI is InChI=1S/C16H28O3/c1-5-13-14(19-13)9-15(17)18-11(2)12-7-6-8-16(3,4)10-12/h11-14H,5-10H2,1-4H3/t11-,12?,13+,14+/m1/s1. The fourth-order valence-electron chi connectivity index (χ4n) is 3.39. The molecule has 2 fully saturated rings. The largest absolute Gasteiger partial charge is 0.462 e. The van der Waals surface area contributed by atoms with E-state index in [0.717, 1.165) is 6.42 Å². The van der Waals surface area contributed by atoms with Gasteiger partial charge in [-0.2, -0.15) is 0 Å². The highest BCUT2D eigenvalue weighted by atomic mass is 16.6. The van der Waals surface area contributed by atoms with E-state index in [4.69, 9.17) is 9.47 Å².